The first kappa shape index (κ1) is 21.0. The summed E-state index contributed by atoms with van der Waals surface area (Å²) in [6.07, 6.45) is 1.41. The van der Waals surface area contributed by atoms with Gasteiger partial charge in [-0.2, -0.15) is 0 Å². The number of hydrogen-bond acceptors (Lipinski definition) is 5. The van der Waals surface area contributed by atoms with E-state index in [1.54, 1.807) is 0 Å². The van der Waals surface area contributed by atoms with Gasteiger partial charge in [0, 0.05) is 12.6 Å². The van der Waals surface area contributed by atoms with Crippen LogP contribution in [0.1, 0.15) is 52.1 Å². The molecule has 1 N–H and O–H groups in total. The van der Waals surface area contributed by atoms with E-state index in [1.165, 1.54) is 0 Å². The quantitative estimate of drug-likeness (QED) is 0.706. The van der Waals surface area contributed by atoms with Crippen LogP contribution in [-0.2, 0) is 14.8 Å². The Kier molecular flexibility index (Phi) is 7.73. The molecule has 0 aliphatic carbocycles. The van der Waals surface area contributed by atoms with Gasteiger partial charge in [-0.05, 0) is 50.3 Å². The van der Waals surface area contributed by atoms with Crippen molar-refractivity contribution in [3.8, 4) is 11.5 Å². The zero-order valence-electron chi connectivity index (χ0n) is 16.2. The van der Waals surface area contributed by atoms with Crippen LogP contribution in [0.3, 0.4) is 0 Å². The van der Waals surface area contributed by atoms with Gasteiger partial charge >= 0.3 is 0 Å². The Hall–Kier alpha value is -1.31. The second-order valence-corrected chi connectivity index (χ2v) is 8.79. The first-order valence-electron chi connectivity index (χ1n) is 9.37. The predicted octanol–water partition coefficient (Wildman–Crippen LogP) is 3.28. The molecule has 1 fully saturated rings. The number of rotatable bonds is 9. The summed E-state index contributed by atoms with van der Waals surface area (Å²) < 4.78 is 45.1. The molecule has 7 heteroatoms. The van der Waals surface area contributed by atoms with E-state index in [2.05, 4.69) is 4.72 Å². The highest BCUT2D eigenvalue weighted by molar-refractivity contribution is 7.90. The minimum absolute atomic E-state index is 0.0849. The Balaban J connectivity index is 2.27. The molecule has 1 aliphatic rings. The Morgan fingerprint density at radius 1 is 1.19 bits per heavy atom. The van der Waals surface area contributed by atoms with E-state index in [4.69, 9.17) is 14.2 Å². The molecule has 0 bridgehead atoms. The molecule has 1 aromatic rings. The fourth-order valence-electron chi connectivity index (χ4n) is 3.08. The summed E-state index contributed by atoms with van der Waals surface area (Å²) in [6, 6.07) is 5.28. The van der Waals surface area contributed by atoms with Gasteiger partial charge < -0.3 is 14.2 Å². The highest BCUT2D eigenvalue weighted by Crippen LogP contribution is 2.33. The van der Waals surface area contributed by atoms with Crippen LogP contribution in [0.5, 0.6) is 11.5 Å². The maximum Gasteiger partial charge on any atom is 0.217 e. The highest BCUT2D eigenvalue weighted by atomic mass is 32.2. The predicted molar refractivity (Wildman–Crippen MR) is 102 cm³/mol. The molecule has 148 valence electrons. The van der Waals surface area contributed by atoms with Gasteiger partial charge in [0.05, 0.1) is 25.1 Å². The lowest BCUT2D eigenvalue weighted by Crippen LogP contribution is -2.42. The van der Waals surface area contributed by atoms with E-state index in [1.807, 2.05) is 45.9 Å². The van der Waals surface area contributed by atoms with Crippen LogP contribution in [0.25, 0.3) is 0 Å². The van der Waals surface area contributed by atoms with Crippen molar-refractivity contribution in [3.05, 3.63) is 23.8 Å². The van der Waals surface area contributed by atoms with Crippen LogP contribution in [0.15, 0.2) is 18.2 Å². The van der Waals surface area contributed by atoms with E-state index in [9.17, 15) is 8.42 Å². The van der Waals surface area contributed by atoms with Gasteiger partial charge in [-0.25, -0.2) is 13.1 Å². The molecule has 1 saturated heterocycles. The molecule has 1 heterocycles. The Morgan fingerprint density at radius 3 is 2.46 bits per heavy atom. The molecular weight excluding hydrogens is 354 g/mol. The van der Waals surface area contributed by atoms with Crippen molar-refractivity contribution in [1.29, 1.82) is 0 Å². The second-order valence-electron chi connectivity index (χ2n) is 6.80. The van der Waals surface area contributed by atoms with Gasteiger partial charge in [0.25, 0.3) is 0 Å². The second kappa shape index (κ2) is 9.58. The average molecular weight is 386 g/mol. The SMILES string of the molecule is CCOc1ccc(C(NS(=O)(=O)C2CCCOC2)C(C)C)cc1OCC. The number of benzene rings is 1. The Bertz CT molecular complexity index is 669. The van der Waals surface area contributed by atoms with Gasteiger partial charge in [0.15, 0.2) is 11.5 Å². The summed E-state index contributed by atoms with van der Waals surface area (Å²) in [4.78, 5) is 0. The molecule has 2 unspecified atom stereocenters. The molecule has 0 saturated carbocycles. The van der Waals surface area contributed by atoms with Crippen LogP contribution in [0.4, 0.5) is 0 Å². The molecule has 2 rings (SSSR count). The maximum absolute atomic E-state index is 12.8. The summed E-state index contributed by atoms with van der Waals surface area (Å²) in [6.45, 7) is 9.78. The van der Waals surface area contributed by atoms with E-state index in [0.29, 0.717) is 37.7 Å². The summed E-state index contributed by atoms with van der Waals surface area (Å²) in [5.74, 6) is 1.39. The summed E-state index contributed by atoms with van der Waals surface area (Å²) >= 11 is 0. The van der Waals surface area contributed by atoms with E-state index in [-0.39, 0.29) is 18.6 Å². The fraction of sp³-hybridized carbons (Fsp3) is 0.684. The minimum Gasteiger partial charge on any atom is -0.490 e. The van der Waals surface area contributed by atoms with Gasteiger partial charge in [-0.15, -0.1) is 0 Å². The van der Waals surface area contributed by atoms with Crippen molar-refractivity contribution < 1.29 is 22.6 Å². The molecule has 2 atom stereocenters. The molecule has 0 radical (unpaired) electrons. The van der Waals surface area contributed by atoms with Crippen molar-refractivity contribution in [2.24, 2.45) is 5.92 Å². The first-order valence-corrected chi connectivity index (χ1v) is 10.9. The number of sulfonamides is 1. The van der Waals surface area contributed by atoms with Crippen molar-refractivity contribution in [2.45, 2.75) is 51.8 Å². The Labute approximate surface area is 157 Å². The lowest BCUT2D eigenvalue weighted by atomic mass is 9.97. The molecule has 0 amide bonds. The normalized spacial score (nSPS) is 19.3. The van der Waals surface area contributed by atoms with Crippen LogP contribution in [0, 0.1) is 5.92 Å². The number of ether oxygens (including phenoxy) is 3. The molecule has 0 spiro atoms. The molecular formula is C19H31NO5S. The lowest BCUT2D eigenvalue weighted by molar-refractivity contribution is 0.0986. The van der Waals surface area contributed by atoms with Crippen LogP contribution >= 0.6 is 0 Å². The van der Waals surface area contributed by atoms with Crippen molar-refractivity contribution >= 4 is 10.0 Å². The zero-order valence-corrected chi connectivity index (χ0v) is 17.0. The van der Waals surface area contributed by atoms with Crippen LogP contribution < -0.4 is 14.2 Å². The molecule has 26 heavy (non-hydrogen) atoms. The fourth-order valence-corrected chi connectivity index (χ4v) is 4.79. The lowest BCUT2D eigenvalue weighted by Gasteiger charge is -2.28. The monoisotopic (exact) mass is 385 g/mol. The largest absolute Gasteiger partial charge is 0.490 e. The number of nitrogens with one attached hydrogen (secondary N) is 1. The van der Waals surface area contributed by atoms with E-state index in [0.717, 1.165) is 12.0 Å². The third-order valence-electron chi connectivity index (χ3n) is 4.44. The topological polar surface area (TPSA) is 73.9 Å². The Morgan fingerprint density at radius 2 is 1.88 bits per heavy atom. The molecule has 1 aromatic carbocycles. The maximum atomic E-state index is 12.8. The van der Waals surface area contributed by atoms with Crippen LogP contribution in [-0.4, -0.2) is 40.1 Å². The highest BCUT2D eigenvalue weighted by Gasteiger charge is 2.32. The minimum atomic E-state index is -3.47. The standard InChI is InChI=1S/C19H31NO5S/c1-5-24-17-10-9-15(12-18(17)25-6-2)19(14(3)4)20-26(21,22)16-8-7-11-23-13-16/h9-10,12,14,16,19-20H,5-8,11,13H2,1-4H3. The van der Waals surface area contributed by atoms with Gasteiger partial charge in [-0.3, -0.25) is 0 Å². The first-order chi connectivity index (χ1) is 12.4. The number of hydrogen-bond donors (Lipinski definition) is 1. The summed E-state index contributed by atoms with van der Waals surface area (Å²) in [7, 11) is -3.47. The van der Waals surface area contributed by atoms with Crippen molar-refractivity contribution in [3.63, 3.8) is 0 Å². The summed E-state index contributed by atoms with van der Waals surface area (Å²) in [5, 5.41) is -0.494. The average Bonchev–Trinajstić information content (AvgIpc) is 2.62. The molecule has 6 nitrogen and oxygen atoms in total. The van der Waals surface area contributed by atoms with Crippen LogP contribution in [0.2, 0.25) is 0 Å². The van der Waals surface area contributed by atoms with Gasteiger partial charge in [-0.1, -0.05) is 19.9 Å². The third kappa shape index (κ3) is 5.34. The summed E-state index contributed by atoms with van der Waals surface area (Å²) in [5.41, 5.74) is 0.868. The molecule has 1 aliphatic heterocycles. The van der Waals surface area contributed by atoms with E-state index < -0.39 is 15.3 Å². The molecule has 0 aromatic heterocycles. The van der Waals surface area contributed by atoms with Gasteiger partial charge in [0.2, 0.25) is 10.0 Å². The third-order valence-corrected chi connectivity index (χ3v) is 6.27. The van der Waals surface area contributed by atoms with Crippen molar-refractivity contribution in [2.75, 3.05) is 26.4 Å². The van der Waals surface area contributed by atoms with Gasteiger partial charge in [0.1, 0.15) is 0 Å². The zero-order chi connectivity index (χ0) is 19.2. The smallest absolute Gasteiger partial charge is 0.217 e. The van der Waals surface area contributed by atoms with E-state index >= 15 is 0 Å². The van der Waals surface area contributed by atoms with Crippen molar-refractivity contribution in [1.82, 2.24) is 4.72 Å².